The van der Waals surface area contributed by atoms with Crippen molar-refractivity contribution >= 4 is 29.9 Å². The average Bonchev–Trinajstić information content (AvgIpc) is 2.59. The van der Waals surface area contributed by atoms with Gasteiger partial charge in [0.05, 0.1) is 0 Å². The molecule has 2 aromatic carbocycles. The maximum Gasteiger partial charge on any atom is 0.169 e. The van der Waals surface area contributed by atoms with Crippen LogP contribution in [0.2, 0.25) is 27.3 Å². The van der Waals surface area contributed by atoms with Crippen LogP contribution in [0.1, 0.15) is 11.1 Å². The highest BCUT2D eigenvalue weighted by molar-refractivity contribution is 6.71. The van der Waals surface area contributed by atoms with Crippen LogP contribution in [0.15, 0.2) is 54.1 Å². The fourth-order valence-corrected chi connectivity index (χ4v) is 2.66. The molecule has 0 saturated heterocycles. The van der Waals surface area contributed by atoms with Crippen molar-refractivity contribution in [3.63, 3.8) is 0 Å². The molecule has 0 radical (unpaired) electrons. The van der Waals surface area contributed by atoms with E-state index in [4.69, 9.17) is 0 Å². The lowest BCUT2D eigenvalue weighted by Crippen LogP contribution is -2.22. The molecule has 116 valence electrons. The van der Waals surface area contributed by atoms with Crippen LogP contribution in [0.3, 0.4) is 0 Å². The molecule has 0 bridgehead atoms. The molecule has 0 heterocycles. The Kier molecular flexibility index (Phi) is 5.67. The summed E-state index contributed by atoms with van der Waals surface area (Å²) in [5.74, 6) is 0. The summed E-state index contributed by atoms with van der Waals surface area (Å²) >= 11 is 0. The van der Waals surface area contributed by atoms with E-state index in [1.807, 2.05) is 36.4 Å². The number of nitrogens with zero attached hydrogens (tertiary/aromatic N) is 2. The van der Waals surface area contributed by atoms with Crippen molar-refractivity contribution in [3.8, 4) is 12.1 Å². The van der Waals surface area contributed by atoms with E-state index in [0.29, 0.717) is 19.0 Å². The molecule has 0 N–H and O–H groups in total. The van der Waals surface area contributed by atoms with Crippen molar-refractivity contribution in [2.45, 2.75) is 27.3 Å². The second-order valence-corrected chi connectivity index (χ2v) is 6.53. The van der Waals surface area contributed by atoms with Crippen LogP contribution in [0.4, 0.5) is 0 Å². The molecule has 2 nitrogen and oxygen atoms in total. The van der Waals surface area contributed by atoms with E-state index >= 15 is 0 Å². The Morgan fingerprint density at radius 3 is 1.25 bits per heavy atom. The third kappa shape index (κ3) is 3.78. The number of rotatable bonds is 4. The highest BCUT2D eigenvalue weighted by Gasteiger charge is 2.13. The molecule has 2 aromatic rings. The van der Waals surface area contributed by atoms with Gasteiger partial charge in [-0.1, -0.05) is 86.7 Å². The van der Waals surface area contributed by atoms with Gasteiger partial charge in [0.25, 0.3) is 0 Å². The summed E-state index contributed by atoms with van der Waals surface area (Å²) in [5, 5.41) is 18.7. The lowest BCUT2D eigenvalue weighted by atomic mass is 9.49. The van der Waals surface area contributed by atoms with Crippen molar-refractivity contribution < 1.29 is 0 Å². The van der Waals surface area contributed by atoms with Gasteiger partial charge in [-0.2, -0.15) is 10.5 Å². The maximum atomic E-state index is 9.37. The summed E-state index contributed by atoms with van der Waals surface area (Å²) in [4.78, 5) is 0. The standard InChI is InChI=1S/C20H20B2N2/c1-21(2)18-9-5-15(6-10-18)20(17(13-23)14-24)16-7-11-19(12-8-16)22(3)4/h5-12H,1-4H3. The monoisotopic (exact) mass is 310 g/mol. The summed E-state index contributed by atoms with van der Waals surface area (Å²) in [6.45, 7) is 9.48. The van der Waals surface area contributed by atoms with Gasteiger partial charge in [-0.15, -0.1) is 0 Å². The van der Waals surface area contributed by atoms with E-state index < -0.39 is 0 Å². The van der Waals surface area contributed by atoms with Gasteiger partial charge in [-0.3, -0.25) is 0 Å². The first kappa shape index (κ1) is 17.6. The Morgan fingerprint density at radius 2 is 1.00 bits per heavy atom. The molecule has 0 spiro atoms. The number of allylic oxidation sites excluding steroid dienone is 1. The smallest absolute Gasteiger partial charge is 0.169 e. The van der Waals surface area contributed by atoms with Crippen LogP contribution in [0.25, 0.3) is 5.57 Å². The summed E-state index contributed by atoms with van der Waals surface area (Å²) in [6, 6.07) is 20.3. The van der Waals surface area contributed by atoms with Gasteiger partial charge in [-0.25, -0.2) is 0 Å². The van der Waals surface area contributed by atoms with Crippen molar-refractivity contribution in [2.75, 3.05) is 0 Å². The number of benzene rings is 2. The fraction of sp³-hybridized carbons (Fsp3) is 0.200. The minimum Gasteiger partial charge on any atom is -0.192 e. The second kappa shape index (κ2) is 7.71. The predicted octanol–water partition coefficient (Wildman–Crippen LogP) is 3.46. The SMILES string of the molecule is CB(C)c1ccc(C(=C(C#N)C#N)c2ccc(B(C)C)cc2)cc1. The van der Waals surface area contributed by atoms with E-state index in [1.165, 1.54) is 10.9 Å². The molecule has 0 saturated carbocycles. The highest BCUT2D eigenvalue weighted by atomic mass is 14.3. The Balaban J connectivity index is 2.57. The average molecular weight is 310 g/mol. The number of hydrogen-bond acceptors (Lipinski definition) is 2. The van der Waals surface area contributed by atoms with Gasteiger partial charge >= 0.3 is 0 Å². The molecule has 0 fully saturated rings. The van der Waals surface area contributed by atoms with Crippen LogP contribution in [0, 0.1) is 22.7 Å². The van der Waals surface area contributed by atoms with Crippen molar-refractivity contribution in [3.05, 3.63) is 65.2 Å². The zero-order chi connectivity index (χ0) is 17.7. The third-order valence-corrected chi connectivity index (χ3v) is 4.21. The molecule has 0 aliphatic rings. The van der Waals surface area contributed by atoms with Gasteiger partial charge in [0, 0.05) is 5.57 Å². The van der Waals surface area contributed by atoms with Crippen LogP contribution < -0.4 is 10.9 Å². The summed E-state index contributed by atoms with van der Waals surface area (Å²) in [7, 11) is 0. The summed E-state index contributed by atoms with van der Waals surface area (Å²) in [6.07, 6.45) is 0. The number of hydrogen-bond donors (Lipinski definition) is 0. The Morgan fingerprint density at radius 1 is 0.667 bits per heavy atom. The predicted molar refractivity (Wildman–Crippen MR) is 104 cm³/mol. The van der Waals surface area contributed by atoms with Gasteiger partial charge in [-0.05, 0) is 11.1 Å². The Bertz CT molecular complexity index is 748. The van der Waals surface area contributed by atoms with E-state index in [0.717, 1.165) is 11.1 Å². The van der Waals surface area contributed by atoms with Crippen LogP contribution >= 0.6 is 0 Å². The van der Waals surface area contributed by atoms with E-state index in [1.54, 1.807) is 0 Å². The third-order valence-electron chi connectivity index (χ3n) is 4.21. The quantitative estimate of drug-likeness (QED) is 0.641. The van der Waals surface area contributed by atoms with Crippen molar-refractivity contribution in [1.82, 2.24) is 0 Å². The van der Waals surface area contributed by atoms with Crippen molar-refractivity contribution in [1.29, 1.82) is 10.5 Å². The molecule has 0 aromatic heterocycles. The molecule has 4 heteroatoms. The van der Waals surface area contributed by atoms with E-state index in [2.05, 4.69) is 51.6 Å². The van der Waals surface area contributed by atoms with E-state index in [9.17, 15) is 10.5 Å². The first-order chi connectivity index (χ1) is 11.5. The topological polar surface area (TPSA) is 47.6 Å². The number of nitriles is 2. The maximum absolute atomic E-state index is 9.37. The van der Waals surface area contributed by atoms with Crippen LogP contribution in [0.5, 0.6) is 0 Å². The van der Waals surface area contributed by atoms with Gasteiger partial charge < -0.3 is 0 Å². The molecule has 0 aliphatic carbocycles. The van der Waals surface area contributed by atoms with Crippen LogP contribution in [-0.2, 0) is 0 Å². The highest BCUT2D eigenvalue weighted by Crippen LogP contribution is 2.26. The van der Waals surface area contributed by atoms with Gasteiger partial charge in [0.15, 0.2) is 13.4 Å². The lowest BCUT2D eigenvalue weighted by Gasteiger charge is -2.12. The first-order valence-electron chi connectivity index (χ1n) is 8.23. The zero-order valence-corrected chi connectivity index (χ0v) is 14.7. The molecule has 0 unspecified atom stereocenters. The second-order valence-electron chi connectivity index (χ2n) is 6.53. The fourth-order valence-electron chi connectivity index (χ4n) is 2.66. The molecule has 0 amide bonds. The normalized spacial score (nSPS) is 9.58. The Hall–Kier alpha value is -2.71. The van der Waals surface area contributed by atoms with Crippen molar-refractivity contribution in [2.24, 2.45) is 0 Å². The van der Waals surface area contributed by atoms with Gasteiger partial charge in [0.1, 0.15) is 17.7 Å². The minimum atomic E-state index is 0.143. The zero-order valence-electron chi connectivity index (χ0n) is 14.7. The minimum absolute atomic E-state index is 0.143. The summed E-state index contributed by atoms with van der Waals surface area (Å²) in [5.41, 5.74) is 5.12. The van der Waals surface area contributed by atoms with E-state index in [-0.39, 0.29) is 5.57 Å². The molecule has 0 aliphatic heterocycles. The summed E-state index contributed by atoms with van der Waals surface area (Å²) < 4.78 is 0. The molecule has 2 rings (SSSR count). The Labute approximate surface area is 145 Å². The van der Waals surface area contributed by atoms with Crippen LogP contribution in [-0.4, -0.2) is 13.4 Å². The van der Waals surface area contributed by atoms with Gasteiger partial charge in [0.2, 0.25) is 0 Å². The molecular weight excluding hydrogens is 290 g/mol. The first-order valence-corrected chi connectivity index (χ1v) is 8.23. The molecule has 24 heavy (non-hydrogen) atoms. The molecule has 0 atom stereocenters. The molecular formula is C20H20B2N2. The largest absolute Gasteiger partial charge is 0.192 e. The lowest BCUT2D eigenvalue weighted by molar-refractivity contribution is 1.45.